The Labute approximate surface area is 99.5 Å². The minimum atomic E-state index is -0.430. The van der Waals surface area contributed by atoms with E-state index in [0.29, 0.717) is 21.9 Å². The van der Waals surface area contributed by atoms with Crippen molar-refractivity contribution >= 4 is 28.1 Å². The first-order chi connectivity index (χ1) is 8.25. The zero-order valence-corrected chi connectivity index (χ0v) is 9.31. The maximum absolute atomic E-state index is 10.8. The zero-order valence-electron chi connectivity index (χ0n) is 8.49. The van der Waals surface area contributed by atoms with E-state index >= 15 is 0 Å². The molecule has 0 bridgehead atoms. The molecule has 2 aromatic heterocycles. The van der Waals surface area contributed by atoms with Crippen molar-refractivity contribution in [2.75, 3.05) is 0 Å². The van der Waals surface area contributed by atoms with Gasteiger partial charge in [-0.25, -0.2) is 4.98 Å². The highest BCUT2D eigenvalue weighted by molar-refractivity contribution is 7.14. The van der Waals surface area contributed by atoms with Crippen molar-refractivity contribution in [3.8, 4) is 10.8 Å². The second-order valence-corrected chi connectivity index (χ2v) is 4.29. The summed E-state index contributed by atoms with van der Waals surface area (Å²) in [5.74, 6) is 0.299. The fraction of sp³-hybridized carbons (Fsp3) is 0. The predicted molar refractivity (Wildman–Crippen MR) is 64.0 cm³/mol. The number of nitro groups is 1. The third kappa shape index (κ3) is 1.58. The van der Waals surface area contributed by atoms with Gasteiger partial charge in [0, 0.05) is 6.07 Å². The van der Waals surface area contributed by atoms with E-state index in [1.807, 2.05) is 18.2 Å². The average Bonchev–Trinajstić information content (AvgIpc) is 2.95. The molecule has 3 aromatic rings. The number of thiophene rings is 1. The Morgan fingerprint density at radius 3 is 2.88 bits per heavy atom. The summed E-state index contributed by atoms with van der Waals surface area (Å²) in [6.07, 6.45) is 0. The molecule has 0 radical (unpaired) electrons. The van der Waals surface area contributed by atoms with Gasteiger partial charge in [-0.15, -0.1) is 11.3 Å². The van der Waals surface area contributed by atoms with Gasteiger partial charge in [0.2, 0.25) is 5.89 Å². The summed E-state index contributed by atoms with van der Waals surface area (Å²) in [6, 6.07) is 8.72. The topological polar surface area (TPSA) is 69.2 Å². The van der Waals surface area contributed by atoms with E-state index < -0.39 is 4.92 Å². The van der Waals surface area contributed by atoms with E-state index in [2.05, 4.69) is 4.98 Å². The minimum absolute atomic E-state index is 0.0292. The maximum Gasteiger partial charge on any atom is 0.292 e. The number of oxazole rings is 1. The Bertz CT molecular complexity index is 668. The number of nitrogens with zero attached hydrogens (tertiary/aromatic N) is 2. The normalized spacial score (nSPS) is 10.8. The van der Waals surface area contributed by atoms with Crippen LogP contribution in [0.15, 0.2) is 40.1 Å². The molecule has 6 heteroatoms. The monoisotopic (exact) mass is 246 g/mol. The lowest BCUT2D eigenvalue weighted by Crippen LogP contribution is -1.87. The van der Waals surface area contributed by atoms with Gasteiger partial charge in [-0.05, 0) is 17.5 Å². The van der Waals surface area contributed by atoms with Crippen LogP contribution in [0.1, 0.15) is 0 Å². The number of hydrogen-bond acceptors (Lipinski definition) is 5. The molecule has 0 spiro atoms. The fourth-order valence-corrected chi connectivity index (χ4v) is 2.36. The van der Waals surface area contributed by atoms with Gasteiger partial charge in [0.25, 0.3) is 5.69 Å². The molecule has 0 amide bonds. The number of benzene rings is 1. The molecule has 0 saturated heterocycles. The summed E-state index contributed by atoms with van der Waals surface area (Å²) < 4.78 is 5.50. The van der Waals surface area contributed by atoms with Gasteiger partial charge in [0.05, 0.1) is 4.92 Å². The predicted octanol–water partition coefficient (Wildman–Crippen LogP) is 3.46. The number of rotatable bonds is 2. The Hall–Kier alpha value is -2.21. The van der Waals surface area contributed by atoms with E-state index in [-0.39, 0.29) is 5.69 Å². The van der Waals surface area contributed by atoms with Gasteiger partial charge in [0.15, 0.2) is 10.5 Å². The van der Waals surface area contributed by atoms with Crippen LogP contribution in [-0.2, 0) is 0 Å². The maximum atomic E-state index is 10.8. The van der Waals surface area contributed by atoms with Gasteiger partial charge in [-0.2, -0.15) is 0 Å². The van der Waals surface area contributed by atoms with Crippen molar-refractivity contribution in [2.24, 2.45) is 0 Å². The SMILES string of the molecule is O=[N+]([O-])c1ccsc1-c1nc2ccccc2o1. The number of para-hydroxylation sites is 2. The van der Waals surface area contributed by atoms with E-state index in [0.717, 1.165) is 0 Å². The summed E-state index contributed by atoms with van der Waals surface area (Å²) in [5, 5.41) is 12.5. The summed E-state index contributed by atoms with van der Waals surface area (Å²) >= 11 is 1.25. The second kappa shape index (κ2) is 3.67. The summed E-state index contributed by atoms with van der Waals surface area (Å²) in [4.78, 5) is 15.1. The summed E-state index contributed by atoms with van der Waals surface area (Å²) in [6.45, 7) is 0. The Kier molecular flexibility index (Phi) is 2.15. The molecule has 0 unspecified atom stereocenters. The molecule has 17 heavy (non-hydrogen) atoms. The molecule has 0 saturated carbocycles. The third-order valence-electron chi connectivity index (χ3n) is 2.33. The first-order valence-corrected chi connectivity index (χ1v) is 5.71. The standard InChI is InChI=1S/C11H6N2O3S/c14-13(15)8-5-6-17-10(8)11-12-7-3-1-2-4-9(7)16-11/h1-6H. The molecule has 0 fully saturated rings. The van der Waals surface area contributed by atoms with Crippen LogP contribution in [0.25, 0.3) is 21.9 Å². The molecule has 0 aliphatic rings. The van der Waals surface area contributed by atoms with Crippen molar-refractivity contribution in [1.29, 1.82) is 0 Å². The zero-order chi connectivity index (χ0) is 11.8. The van der Waals surface area contributed by atoms with E-state index in [4.69, 9.17) is 4.42 Å². The molecule has 0 N–H and O–H groups in total. The molecule has 2 heterocycles. The number of aromatic nitrogens is 1. The first-order valence-electron chi connectivity index (χ1n) is 4.83. The molecule has 1 aromatic carbocycles. The highest BCUT2D eigenvalue weighted by atomic mass is 32.1. The molecule has 5 nitrogen and oxygen atoms in total. The van der Waals surface area contributed by atoms with Crippen molar-refractivity contribution in [2.45, 2.75) is 0 Å². The van der Waals surface area contributed by atoms with Crippen molar-refractivity contribution in [3.05, 3.63) is 45.8 Å². The van der Waals surface area contributed by atoms with E-state index in [1.54, 1.807) is 11.4 Å². The van der Waals surface area contributed by atoms with Crippen molar-refractivity contribution in [1.82, 2.24) is 4.98 Å². The number of hydrogen-bond donors (Lipinski definition) is 0. The smallest absolute Gasteiger partial charge is 0.292 e. The Balaban J connectivity index is 2.20. The minimum Gasteiger partial charge on any atom is -0.435 e. The van der Waals surface area contributed by atoms with Crippen molar-refractivity contribution in [3.63, 3.8) is 0 Å². The molecular weight excluding hydrogens is 240 g/mol. The van der Waals surface area contributed by atoms with E-state index in [9.17, 15) is 10.1 Å². The molecule has 0 aliphatic carbocycles. The van der Waals surface area contributed by atoms with Gasteiger partial charge in [-0.3, -0.25) is 10.1 Å². The van der Waals surface area contributed by atoms with Crippen LogP contribution in [0.5, 0.6) is 0 Å². The summed E-state index contributed by atoms with van der Waals surface area (Å²) in [5.41, 5.74) is 1.36. The lowest BCUT2D eigenvalue weighted by atomic mass is 10.3. The van der Waals surface area contributed by atoms with Crippen LogP contribution in [-0.4, -0.2) is 9.91 Å². The van der Waals surface area contributed by atoms with Crippen LogP contribution in [0.4, 0.5) is 5.69 Å². The average molecular weight is 246 g/mol. The van der Waals surface area contributed by atoms with Crippen LogP contribution in [0, 0.1) is 10.1 Å². The molecule has 0 atom stereocenters. The van der Waals surface area contributed by atoms with Crippen LogP contribution in [0.3, 0.4) is 0 Å². The summed E-state index contributed by atoms with van der Waals surface area (Å²) in [7, 11) is 0. The van der Waals surface area contributed by atoms with Crippen LogP contribution in [0.2, 0.25) is 0 Å². The highest BCUT2D eigenvalue weighted by Gasteiger charge is 2.21. The van der Waals surface area contributed by atoms with Crippen LogP contribution >= 0.6 is 11.3 Å². The van der Waals surface area contributed by atoms with Gasteiger partial charge in [-0.1, -0.05) is 12.1 Å². The van der Waals surface area contributed by atoms with Crippen LogP contribution < -0.4 is 0 Å². The molecule has 0 aliphatic heterocycles. The lowest BCUT2D eigenvalue weighted by molar-refractivity contribution is -0.383. The Morgan fingerprint density at radius 1 is 1.29 bits per heavy atom. The van der Waals surface area contributed by atoms with E-state index in [1.165, 1.54) is 17.4 Å². The largest absolute Gasteiger partial charge is 0.435 e. The highest BCUT2D eigenvalue weighted by Crippen LogP contribution is 2.35. The second-order valence-electron chi connectivity index (χ2n) is 3.38. The number of fused-ring (bicyclic) bond motifs is 1. The van der Waals surface area contributed by atoms with Gasteiger partial charge in [0.1, 0.15) is 5.52 Å². The van der Waals surface area contributed by atoms with Gasteiger partial charge >= 0.3 is 0 Å². The molecule has 3 rings (SSSR count). The quantitative estimate of drug-likeness (QED) is 0.512. The lowest BCUT2D eigenvalue weighted by Gasteiger charge is -1.89. The molecule has 84 valence electrons. The molecular formula is C11H6N2O3S. The first kappa shape index (κ1) is 9.98. The van der Waals surface area contributed by atoms with Gasteiger partial charge < -0.3 is 4.42 Å². The Morgan fingerprint density at radius 2 is 2.12 bits per heavy atom. The third-order valence-corrected chi connectivity index (χ3v) is 3.22. The van der Waals surface area contributed by atoms with Crippen molar-refractivity contribution < 1.29 is 9.34 Å². The fourth-order valence-electron chi connectivity index (χ4n) is 1.58.